The molecule has 0 saturated heterocycles. The van der Waals surface area contributed by atoms with Crippen LogP contribution in [0.3, 0.4) is 0 Å². The fourth-order valence-corrected chi connectivity index (χ4v) is 9.75. The lowest BCUT2D eigenvalue weighted by Gasteiger charge is -2.68. The predicted molar refractivity (Wildman–Crippen MR) is 132 cm³/mol. The quantitative estimate of drug-likeness (QED) is 0.452. The first-order valence-corrected chi connectivity index (χ1v) is 13.3. The number of ketones is 1. The van der Waals surface area contributed by atoms with Crippen LogP contribution < -0.4 is 0 Å². The minimum Gasteiger partial charge on any atom is -0.481 e. The van der Waals surface area contributed by atoms with E-state index in [9.17, 15) is 14.7 Å². The van der Waals surface area contributed by atoms with E-state index in [-0.39, 0.29) is 27.1 Å². The smallest absolute Gasteiger partial charge is 0.313 e. The Hall–Kier alpha value is -1.38. The molecule has 5 rings (SSSR count). The van der Waals surface area contributed by atoms with Gasteiger partial charge in [0.25, 0.3) is 0 Å². The summed E-state index contributed by atoms with van der Waals surface area (Å²) in [6.07, 6.45) is 13.1. The maximum Gasteiger partial charge on any atom is 0.313 e. The van der Waals surface area contributed by atoms with Crippen molar-refractivity contribution in [1.82, 2.24) is 0 Å². The minimum absolute atomic E-state index is 0.00625. The van der Waals surface area contributed by atoms with E-state index in [2.05, 4.69) is 60.6 Å². The number of carboxylic acid groups (broad SMARTS) is 1. The van der Waals surface area contributed by atoms with Crippen LogP contribution in [0.1, 0.15) is 106 Å². The molecular formula is C30H44O3. The van der Waals surface area contributed by atoms with Gasteiger partial charge in [0, 0.05) is 11.8 Å². The molecule has 0 spiro atoms. The second-order valence-electron chi connectivity index (χ2n) is 14.4. The SMILES string of the molecule is CC1(C)CCC2(C(=O)O)CCC3(C)C(=C2C1)C=CC1C2(C)CCC(=O)C(C)(C)C2CCC13C. The molecule has 0 aliphatic heterocycles. The standard InChI is InChI=1S/C30H44O3/c1-25(2)14-16-30(24(32)33)17-15-28(6)19(20(30)18-25)8-9-22-27(5)12-11-23(31)26(3,4)21(27)10-13-29(22,28)7/h8-9,21-22H,10-18H2,1-7H3,(H,32,33). The molecule has 6 atom stereocenters. The van der Waals surface area contributed by atoms with Crippen LogP contribution in [0, 0.1) is 44.3 Å². The number of carbonyl (C=O) groups is 2. The molecule has 0 amide bonds. The first kappa shape index (κ1) is 23.4. The van der Waals surface area contributed by atoms with Gasteiger partial charge in [0.2, 0.25) is 0 Å². The van der Waals surface area contributed by atoms with Gasteiger partial charge in [-0.05, 0) is 96.0 Å². The Morgan fingerprint density at radius 3 is 2.27 bits per heavy atom. The Morgan fingerprint density at radius 1 is 0.939 bits per heavy atom. The molecule has 0 aromatic carbocycles. The minimum atomic E-state index is -0.668. The monoisotopic (exact) mass is 452 g/mol. The molecule has 1 N–H and O–H groups in total. The third-order valence-corrected chi connectivity index (χ3v) is 12.2. The molecule has 0 aromatic rings. The second-order valence-corrected chi connectivity index (χ2v) is 14.4. The second kappa shape index (κ2) is 6.64. The van der Waals surface area contributed by atoms with E-state index in [1.165, 1.54) is 11.1 Å². The zero-order chi connectivity index (χ0) is 24.2. The molecule has 3 heteroatoms. The summed E-state index contributed by atoms with van der Waals surface area (Å²) in [5, 5.41) is 10.5. The summed E-state index contributed by atoms with van der Waals surface area (Å²) in [6.45, 7) is 16.4. The van der Waals surface area contributed by atoms with Crippen molar-refractivity contribution in [3.63, 3.8) is 0 Å². The maximum atomic E-state index is 12.9. The highest BCUT2D eigenvalue weighted by Gasteiger charge is 2.67. The molecule has 182 valence electrons. The van der Waals surface area contributed by atoms with Crippen LogP contribution in [0.2, 0.25) is 0 Å². The Morgan fingerprint density at radius 2 is 1.61 bits per heavy atom. The summed E-state index contributed by atoms with van der Waals surface area (Å²) in [5.41, 5.74) is 2.04. The van der Waals surface area contributed by atoms with Crippen molar-refractivity contribution in [1.29, 1.82) is 0 Å². The molecule has 6 unspecified atom stereocenters. The van der Waals surface area contributed by atoms with Crippen molar-refractivity contribution < 1.29 is 14.7 Å². The van der Waals surface area contributed by atoms with Crippen molar-refractivity contribution in [2.75, 3.05) is 0 Å². The van der Waals surface area contributed by atoms with Crippen molar-refractivity contribution in [2.45, 2.75) is 106 Å². The van der Waals surface area contributed by atoms with Gasteiger partial charge in [-0.15, -0.1) is 0 Å². The maximum absolute atomic E-state index is 12.9. The molecular weight excluding hydrogens is 408 g/mol. The van der Waals surface area contributed by atoms with Gasteiger partial charge in [-0.3, -0.25) is 9.59 Å². The van der Waals surface area contributed by atoms with E-state index >= 15 is 0 Å². The van der Waals surface area contributed by atoms with E-state index in [1.807, 2.05) is 0 Å². The molecule has 5 aliphatic rings. The highest BCUT2D eigenvalue weighted by molar-refractivity contribution is 5.85. The van der Waals surface area contributed by atoms with Crippen molar-refractivity contribution in [3.05, 3.63) is 23.3 Å². The Balaban J connectivity index is 1.68. The number of rotatable bonds is 1. The molecule has 3 nitrogen and oxygen atoms in total. The van der Waals surface area contributed by atoms with Gasteiger partial charge >= 0.3 is 5.97 Å². The number of hydrogen-bond donors (Lipinski definition) is 1. The highest BCUT2D eigenvalue weighted by atomic mass is 16.4. The van der Waals surface area contributed by atoms with Crippen LogP contribution in [0.25, 0.3) is 0 Å². The number of carbonyl (C=O) groups excluding carboxylic acids is 1. The van der Waals surface area contributed by atoms with Crippen LogP contribution in [0.15, 0.2) is 23.3 Å². The summed E-state index contributed by atoms with van der Waals surface area (Å²) in [5.74, 6) is 0.684. The van der Waals surface area contributed by atoms with Crippen molar-refractivity contribution in [2.24, 2.45) is 44.3 Å². The van der Waals surface area contributed by atoms with Crippen LogP contribution in [-0.2, 0) is 9.59 Å². The van der Waals surface area contributed by atoms with Crippen LogP contribution in [0.5, 0.6) is 0 Å². The Bertz CT molecular complexity index is 983. The van der Waals surface area contributed by atoms with Crippen LogP contribution in [0.4, 0.5) is 0 Å². The van der Waals surface area contributed by atoms with Gasteiger partial charge < -0.3 is 5.11 Å². The van der Waals surface area contributed by atoms with Gasteiger partial charge in [-0.1, -0.05) is 60.6 Å². The van der Waals surface area contributed by atoms with Crippen molar-refractivity contribution >= 4 is 11.8 Å². The zero-order valence-corrected chi connectivity index (χ0v) is 21.9. The molecule has 33 heavy (non-hydrogen) atoms. The fourth-order valence-electron chi connectivity index (χ4n) is 9.75. The third-order valence-electron chi connectivity index (χ3n) is 12.2. The first-order valence-electron chi connectivity index (χ1n) is 13.3. The van der Waals surface area contributed by atoms with Crippen molar-refractivity contribution in [3.8, 4) is 0 Å². The molecule has 3 fully saturated rings. The van der Waals surface area contributed by atoms with E-state index in [0.29, 0.717) is 24.0 Å². The Labute approximate surface area is 200 Å². The number of Topliss-reactive ketones (excluding diaryl/α,β-unsaturated/α-hetero) is 1. The zero-order valence-electron chi connectivity index (χ0n) is 21.9. The molecule has 5 aliphatic carbocycles. The average Bonchev–Trinajstić information content (AvgIpc) is 2.71. The van der Waals surface area contributed by atoms with Gasteiger partial charge in [-0.25, -0.2) is 0 Å². The number of fused-ring (bicyclic) bond motifs is 6. The number of carboxylic acids is 1. The summed E-state index contributed by atoms with van der Waals surface area (Å²) < 4.78 is 0. The van der Waals surface area contributed by atoms with E-state index in [4.69, 9.17) is 0 Å². The van der Waals surface area contributed by atoms with Gasteiger partial charge in [0.05, 0.1) is 5.41 Å². The fraction of sp³-hybridized carbons (Fsp3) is 0.800. The first-order chi connectivity index (χ1) is 15.1. The average molecular weight is 453 g/mol. The number of aliphatic carboxylic acids is 1. The summed E-state index contributed by atoms with van der Waals surface area (Å²) in [6, 6.07) is 0. The summed E-state index contributed by atoms with van der Waals surface area (Å²) in [7, 11) is 0. The van der Waals surface area contributed by atoms with E-state index in [1.54, 1.807) is 0 Å². The lowest BCUT2D eigenvalue weighted by Crippen LogP contribution is -2.62. The normalized spacial score (nSPS) is 47.8. The molecule has 3 saturated carbocycles. The summed E-state index contributed by atoms with van der Waals surface area (Å²) >= 11 is 0. The number of allylic oxidation sites excluding steroid dienone is 3. The Kier molecular flexibility index (Phi) is 4.70. The lowest BCUT2D eigenvalue weighted by atomic mass is 9.35. The molecule has 0 radical (unpaired) electrons. The van der Waals surface area contributed by atoms with E-state index in [0.717, 1.165) is 51.4 Å². The third kappa shape index (κ3) is 2.74. The topological polar surface area (TPSA) is 54.4 Å². The molecule has 0 bridgehead atoms. The summed E-state index contributed by atoms with van der Waals surface area (Å²) in [4.78, 5) is 25.6. The molecule has 0 heterocycles. The van der Waals surface area contributed by atoms with Gasteiger partial charge in [0.1, 0.15) is 5.78 Å². The van der Waals surface area contributed by atoms with E-state index < -0.39 is 11.4 Å². The highest BCUT2D eigenvalue weighted by Crippen LogP contribution is 2.73. The molecule has 0 aromatic heterocycles. The van der Waals surface area contributed by atoms with Crippen LogP contribution in [-0.4, -0.2) is 16.9 Å². The van der Waals surface area contributed by atoms with Gasteiger partial charge in [0.15, 0.2) is 0 Å². The van der Waals surface area contributed by atoms with Gasteiger partial charge in [-0.2, -0.15) is 0 Å². The predicted octanol–water partition coefficient (Wildman–Crippen LogP) is 7.36. The van der Waals surface area contributed by atoms with Crippen LogP contribution >= 0.6 is 0 Å². The lowest BCUT2D eigenvalue weighted by molar-refractivity contribution is -0.168. The largest absolute Gasteiger partial charge is 0.481 e. The number of hydrogen-bond acceptors (Lipinski definition) is 2.